The van der Waals surface area contributed by atoms with Gasteiger partial charge in [-0.25, -0.2) is 4.79 Å². The molecular formula is C33H34N2O4S. The van der Waals surface area contributed by atoms with Crippen LogP contribution < -0.4 is 15.0 Å². The predicted octanol–water partition coefficient (Wildman–Crippen LogP) is 7.93. The second kappa shape index (κ2) is 14.8. The average molecular weight is 555 g/mol. The first-order valence-corrected chi connectivity index (χ1v) is 14.3. The van der Waals surface area contributed by atoms with E-state index < -0.39 is 5.97 Å². The summed E-state index contributed by atoms with van der Waals surface area (Å²) < 4.78 is 5.74. The molecule has 206 valence electrons. The summed E-state index contributed by atoms with van der Waals surface area (Å²) in [5.41, 5.74) is 3.40. The second-order valence-corrected chi connectivity index (χ2v) is 10.5. The molecule has 0 heterocycles. The smallest absolute Gasteiger partial charge is 0.326 e. The maximum absolute atomic E-state index is 13.6. The van der Waals surface area contributed by atoms with Crippen molar-refractivity contribution in [3.05, 3.63) is 114 Å². The van der Waals surface area contributed by atoms with Crippen molar-refractivity contribution in [3.63, 3.8) is 0 Å². The van der Waals surface area contributed by atoms with E-state index in [0.29, 0.717) is 25.3 Å². The minimum absolute atomic E-state index is 0.000522. The lowest BCUT2D eigenvalue weighted by Crippen LogP contribution is -2.36. The van der Waals surface area contributed by atoms with Crippen LogP contribution in [0.5, 0.6) is 5.75 Å². The van der Waals surface area contributed by atoms with Crippen molar-refractivity contribution in [2.75, 3.05) is 23.4 Å². The third-order valence-electron chi connectivity index (χ3n) is 6.23. The van der Waals surface area contributed by atoms with Crippen molar-refractivity contribution in [1.82, 2.24) is 0 Å². The van der Waals surface area contributed by atoms with Gasteiger partial charge in [-0.05, 0) is 78.6 Å². The average Bonchev–Trinajstić information content (AvgIpc) is 2.96. The Hall–Kier alpha value is -4.23. The molecule has 0 saturated carbocycles. The molecule has 0 atom stereocenters. The number of benzene rings is 4. The van der Waals surface area contributed by atoms with E-state index >= 15 is 0 Å². The zero-order valence-corrected chi connectivity index (χ0v) is 23.4. The summed E-state index contributed by atoms with van der Waals surface area (Å²) in [4.78, 5) is 28.3. The molecule has 0 spiro atoms. The Bertz CT molecular complexity index is 1380. The summed E-state index contributed by atoms with van der Waals surface area (Å²) in [5, 5.41) is 12.1. The first-order chi connectivity index (χ1) is 19.5. The topological polar surface area (TPSA) is 78.9 Å². The number of hydrogen-bond acceptors (Lipinski definition) is 4. The lowest BCUT2D eigenvalue weighted by Gasteiger charge is -2.24. The standard InChI is InChI=1S/C33H34N2O4S/c1-2-3-22-39-29-16-14-27(15-17-29)34-33(38)35(21-20-25-8-5-4-6-9-25)28-10-7-11-31(24-28)40-30-18-12-26(13-19-30)23-32(36)37/h4-19,24H,2-3,20-23H2,1H3,(H,34,38)(H,36,37). The fourth-order valence-electron chi connectivity index (χ4n) is 4.09. The van der Waals surface area contributed by atoms with Crippen molar-refractivity contribution in [2.45, 2.75) is 42.4 Å². The van der Waals surface area contributed by atoms with Gasteiger partial charge in [-0.2, -0.15) is 0 Å². The van der Waals surface area contributed by atoms with Crippen LogP contribution in [0.1, 0.15) is 30.9 Å². The van der Waals surface area contributed by atoms with Gasteiger partial charge in [-0.1, -0.05) is 73.6 Å². The zero-order chi connectivity index (χ0) is 28.2. The molecule has 0 aliphatic heterocycles. The number of carboxylic acid groups (broad SMARTS) is 1. The molecule has 4 rings (SSSR count). The third-order valence-corrected chi connectivity index (χ3v) is 7.23. The summed E-state index contributed by atoms with van der Waals surface area (Å²) in [6, 6.07) is 32.8. The Kier molecular flexibility index (Phi) is 10.6. The first kappa shape index (κ1) is 28.8. The van der Waals surface area contributed by atoms with Gasteiger partial charge >= 0.3 is 12.0 Å². The van der Waals surface area contributed by atoms with Gasteiger partial charge in [0.05, 0.1) is 13.0 Å². The van der Waals surface area contributed by atoms with Gasteiger partial charge in [-0.15, -0.1) is 0 Å². The van der Waals surface area contributed by atoms with Gasteiger partial charge < -0.3 is 15.2 Å². The summed E-state index contributed by atoms with van der Waals surface area (Å²) in [7, 11) is 0. The molecule has 7 heteroatoms. The van der Waals surface area contributed by atoms with Gasteiger partial charge in [-0.3, -0.25) is 9.69 Å². The number of urea groups is 1. The van der Waals surface area contributed by atoms with Crippen LogP contribution in [-0.2, 0) is 17.6 Å². The van der Waals surface area contributed by atoms with E-state index in [9.17, 15) is 9.59 Å². The maximum atomic E-state index is 13.6. The third kappa shape index (κ3) is 8.92. The molecule has 4 aromatic rings. The van der Waals surface area contributed by atoms with E-state index in [4.69, 9.17) is 9.84 Å². The van der Waals surface area contributed by atoms with E-state index in [-0.39, 0.29) is 12.5 Å². The Labute approximate surface area is 240 Å². The van der Waals surface area contributed by atoms with E-state index in [1.165, 1.54) is 0 Å². The molecule has 4 aromatic carbocycles. The SMILES string of the molecule is CCCCOc1ccc(NC(=O)N(CCc2ccccc2)c2cccc(Sc3ccc(CC(=O)O)cc3)c2)cc1. The number of aliphatic carboxylic acids is 1. The van der Waals surface area contributed by atoms with Crippen molar-refractivity contribution >= 4 is 35.1 Å². The lowest BCUT2D eigenvalue weighted by molar-refractivity contribution is -0.136. The molecule has 0 radical (unpaired) electrons. The number of unbranched alkanes of at least 4 members (excludes halogenated alkanes) is 1. The van der Waals surface area contributed by atoms with Crippen molar-refractivity contribution < 1.29 is 19.4 Å². The summed E-state index contributed by atoms with van der Waals surface area (Å²) in [6.45, 7) is 3.31. The fourth-order valence-corrected chi connectivity index (χ4v) is 4.96. The number of amides is 2. The van der Waals surface area contributed by atoms with Gasteiger partial charge in [0.25, 0.3) is 0 Å². The quantitative estimate of drug-likeness (QED) is 0.164. The van der Waals surface area contributed by atoms with Crippen LogP contribution in [0.2, 0.25) is 0 Å². The minimum Gasteiger partial charge on any atom is -0.494 e. The number of anilines is 2. The molecule has 0 bridgehead atoms. The van der Waals surface area contributed by atoms with Crippen molar-refractivity contribution in [2.24, 2.45) is 0 Å². The molecule has 0 aliphatic rings. The van der Waals surface area contributed by atoms with Crippen molar-refractivity contribution in [1.29, 1.82) is 0 Å². The highest BCUT2D eigenvalue weighted by atomic mass is 32.2. The monoisotopic (exact) mass is 554 g/mol. The molecule has 2 N–H and O–H groups in total. The summed E-state index contributed by atoms with van der Waals surface area (Å²) in [6.07, 6.45) is 2.79. The highest BCUT2D eigenvalue weighted by Crippen LogP contribution is 2.31. The van der Waals surface area contributed by atoms with E-state index in [1.54, 1.807) is 16.7 Å². The Morgan fingerprint density at radius 2 is 1.60 bits per heavy atom. The predicted molar refractivity (Wildman–Crippen MR) is 162 cm³/mol. The molecule has 0 unspecified atom stereocenters. The van der Waals surface area contributed by atoms with Crippen LogP contribution in [0, 0.1) is 0 Å². The molecule has 0 aromatic heterocycles. The second-order valence-electron chi connectivity index (χ2n) is 9.36. The maximum Gasteiger partial charge on any atom is 0.326 e. The van der Waals surface area contributed by atoms with Crippen LogP contribution in [0.15, 0.2) is 113 Å². The van der Waals surface area contributed by atoms with Crippen LogP contribution in [-0.4, -0.2) is 30.3 Å². The minimum atomic E-state index is -0.849. The highest BCUT2D eigenvalue weighted by molar-refractivity contribution is 7.99. The zero-order valence-electron chi connectivity index (χ0n) is 22.6. The van der Waals surface area contributed by atoms with Crippen LogP contribution >= 0.6 is 11.8 Å². The number of ether oxygens (including phenoxy) is 1. The van der Waals surface area contributed by atoms with E-state index in [1.807, 2.05) is 91.0 Å². The van der Waals surface area contributed by atoms with E-state index in [0.717, 1.165) is 45.2 Å². The fraction of sp³-hybridized carbons (Fsp3) is 0.212. The van der Waals surface area contributed by atoms with Crippen LogP contribution in [0.4, 0.5) is 16.2 Å². The molecule has 6 nitrogen and oxygen atoms in total. The molecule has 40 heavy (non-hydrogen) atoms. The van der Waals surface area contributed by atoms with Crippen molar-refractivity contribution in [3.8, 4) is 5.75 Å². The molecule has 2 amide bonds. The van der Waals surface area contributed by atoms with Crippen LogP contribution in [0.3, 0.4) is 0 Å². The largest absolute Gasteiger partial charge is 0.494 e. The number of carbonyl (C=O) groups is 2. The van der Waals surface area contributed by atoms with Crippen LogP contribution in [0.25, 0.3) is 0 Å². The number of nitrogens with zero attached hydrogens (tertiary/aromatic N) is 1. The normalized spacial score (nSPS) is 10.6. The Balaban J connectivity index is 1.49. The highest BCUT2D eigenvalue weighted by Gasteiger charge is 2.17. The van der Waals surface area contributed by atoms with Gasteiger partial charge in [0.1, 0.15) is 5.75 Å². The number of hydrogen-bond donors (Lipinski definition) is 2. The molecule has 0 saturated heterocycles. The van der Waals surface area contributed by atoms with Gasteiger partial charge in [0, 0.05) is 27.7 Å². The van der Waals surface area contributed by atoms with E-state index in [2.05, 4.69) is 24.4 Å². The number of rotatable bonds is 13. The molecular weight excluding hydrogens is 520 g/mol. The Morgan fingerprint density at radius 1 is 0.850 bits per heavy atom. The Morgan fingerprint density at radius 3 is 2.30 bits per heavy atom. The number of carboxylic acids is 1. The van der Waals surface area contributed by atoms with Gasteiger partial charge in [0.2, 0.25) is 0 Å². The first-order valence-electron chi connectivity index (χ1n) is 13.4. The summed E-state index contributed by atoms with van der Waals surface area (Å²) >= 11 is 1.57. The number of carbonyl (C=O) groups excluding carboxylic acids is 1. The van der Waals surface area contributed by atoms with Gasteiger partial charge in [0.15, 0.2) is 0 Å². The lowest BCUT2D eigenvalue weighted by atomic mass is 10.1. The number of nitrogens with one attached hydrogen (secondary N) is 1. The summed E-state index contributed by atoms with van der Waals surface area (Å²) in [5.74, 6) is -0.0636. The molecule has 0 fully saturated rings. The molecule has 0 aliphatic carbocycles.